The largest absolute Gasteiger partial charge is 0.467 e. The van der Waals surface area contributed by atoms with Gasteiger partial charge in [0.05, 0.1) is 19.5 Å². The van der Waals surface area contributed by atoms with Crippen molar-refractivity contribution in [1.29, 1.82) is 0 Å². The van der Waals surface area contributed by atoms with Gasteiger partial charge >= 0.3 is 0 Å². The van der Waals surface area contributed by atoms with E-state index >= 15 is 0 Å². The van der Waals surface area contributed by atoms with E-state index in [2.05, 4.69) is 27.4 Å². The third-order valence-electron chi connectivity index (χ3n) is 3.34. The fourth-order valence-corrected chi connectivity index (χ4v) is 2.13. The van der Waals surface area contributed by atoms with E-state index in [9.17, 15) is 0 Å². The Hall–Kier alpha value is -1.53. The predicted molar refractivity (Wildman–Crippen MR) is 83.4 cm³/mol. The summed E-state index contributed by atoms with van der Waals surface area (Å²) in [6.45, 7) is 9.23. The average Bonchev–Trinajstić information content (AvgIpc) is 3.04. The fraction of sp³-hybridized carbons (Fsp3) is 0.667. The number of rotatable bonds is 7. The lowest BCUT2D eigenvalue weighted by Gasteiger charge is -2.26. The zero-order chi connectivity index (χ0) is 14.8. The second-order valence-corrected chi connectivity index (χ2v) is 5.05. The van der Waals surface area contributed by atoms with E-state index in [-0.39, 0.29) is 0 Å². The van der Waals surface area contributed by atoms with Crippen molar-refractivity contribution in [3.63, 3.8) is 0 Å². The van der Waals surface area contributed by atoms with Crippen LogP contribution in [0.2, 0.25) is 0 Å². The van der Waals surface area contributed by atoms with E-state index in [1.807, 2.05) is 12.1 Å². The smallest absolute Gasteiger partial charge is 0.191 e. The van der Waals surface area contributed by atoms with Crippen LogP contribution in [0, 0.1) is 0 Å². The molecule has 1 aromatic heterocycles. The number of nitrogens with one attached hydrogen (secondary N) is 2. The minimum absolute atomic E-state index is 0.559. The molecule has 2 heterocycles. The first-order valence-corrected chi connectivity index (χ1v) is 7.73. The first-order valence-electron chi connectivity index (χ1n) is 7.73. The molecule has 6 nitrogen and oxygen atoms in total. The summed E-state index contributed by atoms with van der Waals surface area (Å²) < 4.78 is 10.7. The number of ether oxygens (including phenoxy) is 1. The molecule has 1 aromatic rings. The molecule has 0 aliphatic carbocycles. The molecule has 1 fully saturated rings. The van der Waals surface area contributed by atoms with Gasteiger partial charge in [-0.25, -0.2) is 4.99 Å². The van der Waals surface area contributed by atoms with Gasteiger partial charge in [-0.15, -0.1) is 0 Å². The van der Waals surface area contributed by atoms with Crippen LogP contribution in [0.5, 0.6) is 0 Å². The minimum atomic E-state index is 0.559. The van der Waals surface area contributed by atoms with Crippen LogP contribution in [0.4, 0.5) is 0 Å². The predicted octanol–water partition coefficient (Wildman–Crippen LogP) is 1.06. The molecule has 118 valence electrons. The molecule has 1 aliphatic heterocycles. The highest BCUT2D eigenvalue weighted by molar-refractivity contribution is 5.79. The van der Waals surface area contributed by atoms with Gasteiger partial charge < -0.3 is 19.8 Å². The molecule has 0 radical (unpaired) electrons. The summed E-state index contributed by atoms with van der Waals surface area (Å²) in [6.07, 6.45) is 2.75. The Balaban J connectivity index is 1.73. The van der Waals surface area contributed by atoms with Crippen LogP contribution in [-0.2, 0) is 11.3 Å². The third-order valence-corrected chi connectivity index (χ3v) is 3.34. The van der Waals surface area contributed by atoms with E-state index in [1.54, 1.807) is 6.26 Å². The highest BCUT2D eigenvalue weighted by atomic mass is 16.5. The molecule has 6 heteroatoms. The lowest BCUT2D eigenvalue weighted by molar-refractivity contribution is 0.0389. The molecule has 0 bridgehead atoms. The number of hydrogen-bond acceptors (Lipinski definition) is 4. The van der Waals surface area contributed by atoms with Crippen molar-refractivity contribution < 1.29 is 9.15 Å². The summed E-state index contributed by atoms with van der Waals surface area (Å²) in [4.78, 5) is 6.95. The second kappa shape index (κ2) is 9.41. The van der Waals surface area contributed by atoms with Gasteiger partial charge in [-0.05, 0) is 18.6 Å². The van der Waals surface area contributed by atoms with Crippen molar-refractivity contribution in [2.45, 2.75) is 19.9 Å². The molecule has 1 aliphatic rings. The van der Waals surface area contributed by atoms with E-state index < -0.39 is 0 Å². The topological polar surface area (TPSA) is 62.0 Å². The molecule has 21 heavy (non-hydrogen) atoms. The van der Waals surface area contributed by atoms with Crippen molar-refractivity contribution >= 4 is 5.96 Å². The summed E-state index contributed by atoms with van der Waals surface area (Å²) in [5.41, 5.74) is 0. The average molecular weight is 294 g/mol. The van der Waals surface area contributed by atoms with Crippen molar-refractivity contribution in [2.24, 2.45) is 4.99 Å². The summed E-state index contributed by atoms with van der Waals surface area (Å²) in [5.74, 6) is 1.72. The molecule has 0 aromatic carbocycles. The molecule has 2 rings (SSSR count). The molecule has 0 unspecified atom stereocenters. The molecule has 0 saturated carbocycles. The molecule has 0 amide bonds. The van der Waals surface area contributed by atoms with E-state index in [1.165, 1.54) is 0 Å². The van der Waals surface area contributed by atoms with Crippen LogP contribution in [0.25, 0.3) is 0 Å². The Kier molecular flexibility index (Phi) is 7.11. The Morgan fingerprint density at radius 1 is 1.29 bits per heavy atom. The number of aliphatic imine (C=N–C) groups is 1. The summed E-state index contributed by atoms with van der Waals surface area (Å²) in [5, 5.41) is 6.70. The SMILES string of the molecule is CCCNC(=NCc1ccco1)NCCN1CCOCC1. The standard InChI is InChI=1S/C15H26N4O2/c1-2-5-16-15(18-13-14-4-3-10-21-14)17-6-7-19-8-11-20-12-9-19/h3-4,10H,2,5-9,11-13H2,1H3,(H2,16,17,18). The van der Waals surface area contributed by atoms with Crippen LogP contribution in [0.15, 0.2) is 27.8 Å². The van der Waals surface area contributed by atoms with E-state index in [0.717, 1.165) is 64.1 Å². The van der Waals surface area contributed by atoms with Gasteiger partial charge in [0.2, 0.25) is 0 Å². The zero-order valence-corrected chi connectivity index (χ0v) is 12.8. The van der Waals surface area contributed by atoms with Gasteiger partial charge in [-0.3, -0.25) is 4.90 Å². The number of morpholine rings is 1. The fourth-order valence-electron chi connectivity index (χ4n) is 2.13. The van der Waals surface area contributed by atoms with Gasteiger partial charge in [0.25, 0.3) is 0 Å². The molecule has 1 saturated heterocycles. The zero-order valence-electron chi connectivity index (χ0n) is 12.8. The summed E-state index contributed by atoms with van der Waals surface area (Å²) in [7, 11) is 0. The first-order chi connectivity index (χ1) is 10.4. The summed E-state index contributed by atoms with van der Waals surface area (Å²) >= 11 is 0. The van der Waals surface area contributed by atoms with E-state index in [4.69, 9.17) is 9.15 Å². The van der Waals surface area contributed by atoms with Crippen molar-refractivity contribution in [1.82, 2.24) is 15.5 Å². The number of guanidine groups is 1. The molecular weight excluding hydrogens is 268 g/mol. The quantitative estimate of drug-likeness (QED) is 0.581. The van der Waals surface area contributed by atoms with Crippen molar-refractivity contribution in [3.8, 4) is 0 Å². The van der Waals surface area contributed by atoms with Crippen LogP contribution in [0.3, 0.4) is 0 Å². The van der Waals surface area contributed by atoms with Crippen LogP contribution in [-0.4, -0.2) is 56.8 Å². The number of furan rings is 1. The highest BCUT2D eigenvalue weighted by Gasteiger charge is 2.09. The van der Waals surface area contributed by atoms with Gasteiger partial charge in [0.15, 0.2) is 5.96 Å². The third kappa shape index (κ3) is 6.18. The lowest BCUT2D eigenvalue weighted by atomic mass is 10.4. The normalized spacial score (nSPS) is 16.9. The number of nitrogens with zero attached hydrogens (tertiary/aromatic N) is 2. The van der Waals surface area contributed by atoms with E-state index in [0.29, 0.717) is 6.54 Å². The lowest BCUT2D eigenvalue weighted by Crippen LogP contribution is -2.44. The Morgan fingerprint density at radius 2 is 2.10 bits per heavy atom. The first kappa shape index (κ1) is 15.9. The van der Waals surface area contributed by atoms with Crippen LogP contribution >= 0.6 is 0 Å². The maximum atomic E-state index is 5.35. The maximum Gasteiger partial charge on any atom is 0.191 e. The molecule has 0 atom stereocenters. The monoisotopic (exact) mass is 294 g/mol. The summed E-state index contributed by atoms with van der Waals surface area (Å²) in [6, 6.07) is 3.82. The van der Waals surface area contributed by atoms with Crippen molar-refractivity contribution in [3.05, 3.63) is 24.2 Å². The van der Waals surface area contributed by atoms with Crippen molar-refractivity contribution in [2.75, 3.05) is 45.9 Å². The number of hydrogen-bond donors (Lipinski definition) is 2. The highest BCUT2D eigenvalue weighted by Crippen LogP contribution is 2.01. The van der Waals surface area contributed by atoms with Gasteiger partial charge in [-0.2, -0.15) is 0 Å². The van der Waals surface area contributed by atoms with Gasteiger partial charge in [0.1, 0.15) is 12.3 Å². The van der Waals surface area contributed by atoms with Crippen LogP contribution in [0.1, 0.15) is 19.1 Å². The Bertz CT molecular complexity index is 400. The maximum absolute atomic E-state index is 5.35. The molecule has 2 N–H and O–H groups in total. The molecular formula is C15H26N4O2. The second-order valence-electron chi connectivity index (χ2n) is 5.05. The minimum Gasteiger partial charge on any atom is -0.467 e. The Labute approximate surface area is 126 Å². The molecule has 0 spiro atoms. The van der Waals surface area contributed by atoms with Gasteiger partial charge in [0, 0.05) is 32.7 Å². The van der Waals surface area contributed by atoms with Crippen LogP contribution < -0.4 is 10.6 Å². The Morgan fingerprint density at radius 3 is 2.81 bits per heavy atom. The van der Waals surface area contributed by atoms with Gasteiger partial charge in [-0.1, -0.05) is 6.92 Å².